The number of amides is 1. The van der Waals surface area contributed by atoms with E-state index in [1.165, 1.54) is 15.6 Å². The van der Waals surface area contributed by atoms with E-state index in [9.17, 15) is 13.2 Å². The fourth-order valence-electron chi connectivity index (χ4n) is 4.70. The Balaban J connectivity index is 1.66. The molecule has 0 aliphatic carbocycles. The van der Waals surface area contributed by atoms with Gasteiger partial charge >= 0.3 is 0 Å². The quantitative estimate of drug-likeness (QED) is 0.294. The van der Waals surface area contributed by atoms with Crippen LogP contribution in [0.25, 0.3) is 10.2 Å². The van der Waals surface area contributed by atoms with Crippen LogP contribution in [-0.4, -0.2) is 56.0 Å². The van der Waals surface area contributed by atoms with Crippen molar-refractivity contribution in [3.63, 3.8) is 0 Å². The van der Waals surface area contributed by atoms with E-state index < -0.39 is 10.0 Å². The summed E-state index contributed by atoms with van der Waals surface area (Å²) in [6.07, 6.45) is 3.32. The van der Waals surface area contributed by atoms with Gasteiger partial charge in [-0.25, -0.2) is 13.4 Å². The minimum absolute atomic E-state index is 0.0446. The summed E-state index contributed by atoms with van der Waals surface area (Å²) < 4.78 is 34.8. The van der Waals surface area contributed by atoms with Crippen LogP contribution >= 0.6 is 11.3 Å². The molecule has 9 heteroatoms. The zero-order valence-corrected chi connectivity index (χ0v) is 23.8. The summed E-state index contributed by atoms with van der Waals surface area (Å²) >= 11 is 1.50. The SMILES string of the molecule is CCCN(CCC)S(=O)(=O)c1ccc(C(=O)N(CC2CCCO2)c2nc3c(C(C)C)cccc3s2)cc1. The molecule has 2 aromatic carbocycles. The summed E-state index contributed by atoms with van der Waals surface area (Å²) in [4.78, 5) is 20.6. The number of rotatable bonds is 11. The predicted molar refractivity (Wildman–Crippen MR) is 150 cm³/mol. The third-order valence-electron chi connectivity index (χ3n) is 6.63. The van der Waals surface area contributed by atoms with Crippen LogP contribution in [0.4, 0.5) is 5.13 Å². The third-order valence-corrected chi connectivity index (χ3v) is 9.59. The third kappa shape index (κ3) is 6.06. The summed E-state index contributed by atoms with van der Waals surface area (Å²) in [5.74, 6) is 0.110. The molecule has 0 N–H and O–H groups in total. The molecule has 1 aliphatic heterocycles. The number of ether oxygens (including phenoxy) is 1. The van der Waals surface area contributed by atoms with Gasteiger partial charge in [-0.05, 0) is 67.5 Å². The van der Waals surface area contributed by atoms with E-state index in [1.807, 2.05) is 26.0 Å². The fraction of sp³-hybridized carbons (Fsp3) is 0.500. The zero-order chi connectivity index (χ0) is 26.6. The molecule has 1 saturated heterocycles. The maximum absolute atomic E-state index is 13.8. The second-order valence-corrected chi connectivity index (χ2v) is 12.8. The average molecular weight is 544 g/mol. The predicted octanol–water partition coefficient (Wildman–Crippen LogP) is 6.06. The first kappa shape index (κ1) is 27.7. The van der Waals surface area contributed by atoms with Gasteiger partial charge in [0.05, 0.1) is 27.8 Å². The van der Waals surface area contributed by atoms with Crippen molar-refractivity contribution >= 4 is 42.6 Å². The molecule has 2 heterocycles. The summed E-state index contributed by atoms with van der Waals surface area (Å²) in [5.41, 5.74) is 2.51. The first-order chi connectivity index (χ1) is 17.8. The molecule has 0 saturated carbocycles. The molecular formula is C28H37N3O4S2. The molecule has 1 amide bonds. The van der Waals surface area contributed by atoms with E-state index in [0.717, 1.165) is 41.5 Å². The molecule has 3 aromatic rings. The first-order valence-electron chi connectivity index (χ1n) is 13.2. The van der Waals surface area contributed by atoms with Crippen molar-refractivity contribution in [1.29, 1.82) is 0 Å². The van der Waals surface area contributed by atoms with E-state index in [2.05, 4.69) is 19.9 Å². The van der Waals surface area contributed by atoms with Crippen molar-refractivity contribution in [2.45, 2.75) is 70.3 Å². The maximum Gasteiger partial charge on any atom is 0.260 e. The van der Waals surface area contributed by atoms with E-state index in [4.69, 9.17) is 9.72 Å². The number of benzene rings is 2. The van der Waals surface area contributed by atoms with E-state index in [1.54, 1.807) is 29.2 Å². The lowest BCUT2D eigenvalue weighted by molar-refractivity contribution is 0.0917. The second kappa shape index (κ2) is 12.0. The summed E-state index contributed by atoms with van der Waals surface area (Å²) in [5, 5.41) is 0.636. The Morgan fingerprint density at radius 2 is 1.81 bits per heavy atom. The minimum Gasteiger partial charge on any atom is -0.376 e. The number of sulfonamides is 1. The molecule has 1 aromatic heterocycles. The first-order valence-corrected chi connectivity index (χ1v) is 15.4. The number of thiazole rings is 1. The van der Waals surface area contributed by atoms with Crippen LogP contribution in [-0.2, 0) is 14.8 Å². The number of aromatic nitrogens is 1. The molecule has 1 aliphatic rings. The van der Waals surface area contributed by atoms with Crippen LogP contribution in [0.15, 0.2) is 47.4 Å². The molecule has 37 heavy (non-hydrogen) atoms. The van der Waals surface area contributed by atoms with Gasteiger partial charge in [-0.15, -0.1) is 0 Å². The lowest BCUT2D eigenvalue weighted by Gasteiger charge is -2.24. The maximum atomic E-state index is 13.8. The molecular weight excluding hydrogens is 506 g/mol. The van der Waals surface area contributed by atoms with Gasteiger partial charge in [0.2, 0.25) is 10.0 Å². The van der Waals surface area contributed by atoms with Gasteiger partial charge in [-0.3, -0.25) is 9.69 Å². The van der Waals surface area contributed by atoms with Crippen molar-refractivity contribution in [1.82, 2.24) is 9.29 Å². The largest absolute Gasteiger partial charge is 0.376 e. The normalized spacial score (nSPS) is 16.2. The van der Waals surface area contributed by atoms with Gasteiger partial charge in [-0.1, -0.05) is 51.2 Å². The Bertz CT molecular complexity index is 1310. The Morgan fingerprint density at radius 3 is 2.41 bits per heavy atom. The average Bonchev–Trinajstić information content (AvgIpc) is 3.56. The molecule has 4 rings (SSSR count). The standard InChI is InChI=1S/C28H37N3O4S2/c1-5-16-30(17-6-2)37(33,34)23-14-12-21(13-15-23)27(32)31(19-22-9-8-18-35-22)28-29-26-24(20(3)4)10-7-11-25(26)36-28/h7,10-15,20,22H,5-6,8-9,16-19H2,1-4H3. The van der Waals surface area contributed by atoms with Crippen molar-refractivity contribution in [3.8, 4) is 0 Å². The summed E-state index contributed by atoms with van der Waals surface area (Å²) in [6, 6.07) is 12.5. The van der Waals surface area contributed by atoms with Crippen molar-refractivity contribution in [3.05, 3.63) is 53.6 Å². The second-order valence-electron chi connectivity index (χ2n) is 9.82. The van der Waals surface area contributed by atoms with Gasteiger partial charge in [0.25, 0.3) is 5.91 Å². The van der Waals surface area contributed by atoms with Crippen LogP contribution in [0.3, 0.4) is 0 Å². The van der Waals surface area contributed by atoms with Crippen LogP contribution in [0.1, 0.15) is 75.2 Å². The molecule has 1 fully saturated rings. The minimum atomic E-state index is -3.61. The Kier molecular flexibility index (Phi) is 9.00. The van der Waals surface area contributed by atoms with Gasteiger partial charge in [0.1, 0.15) is 0 Å². The topological polar surface area (TPSA) is 79.8 Å². The summed E-state index contributed by atoms with van der Waals surface area (Å²) in [6.45, 7) is 10.3. The van der Waals surface area contributed by atoms with E-state index in [-0.39, 0.29) is 16.9 Å². The van der Waals surface area contributed by atoms with Crippen LogP contribution in [0, 0.1) is 0 Å². The highest BCUT2D eigenvalue weighted by molar-refractivity contribution is 7.89. The van der Waals surface area contributed by atoms with Crippen LogP contribution < -0.4 is 4.90 Å². The smallest absolute Gasteiger partial charge is 0.260 e. The van der Waals surface area contributed by atoms with E-state index in [0.29, 0.717) is 42.9 Å². The van der Waals surface area contributed by atoms with Crippen molar-refractivity contribution in [2.75, 3.05) is 31.1 Å². The highest BCUT2D eigenvalue weighted by Crippen LogP contribution is 2.35. The van der Waals surface area contributed by atoms with Gasteiger partial charge in [-0.2, -0.15) is 4.31 Å². The van der Waals surface area contributed by atoms with Gasteiger partial charge in [0, 0.05) is 25.3 Å². The number of nitrogens with zero attached hydrogens (tertiary/aromatic N) is 3. The van der Waals surface area contributed by atoms with Crippen LogP contribution in [0.5, 0.6) is 0 Å². The molecule has 0 bridgehead atoms. The van der Waals surface area contributed by atoms with Crippen molar-refractivity contribution < 1.29 is 17.9 Å². The Morgan fingerprint density at radius 1 is 1.11 bits per heavy atom. The highest BCUT2D eigenvalue weighted by Gasteiger charge is 2.29. The molecule has 1 atom stereocenters. The molecule has 1 unspecified atom stereocenters. The van der Waals surface area contributed by atoms with Crippen molar-refractivity contribution in [2.24, 2.45) is 0 Å². The zero-order valence-electron chi connectivity index (χ0n) is 22.1. The number of hydrogen-bond acceptors (Lipinski definition) is 6. The molecule has 0 radical (unpaired) electrons. The van der Waals surface area contributed by atoms with Gasteiger partial charge < -0.3 is 4.74 Å². The number of carbonyl (C=O) groups is 1. The Labute approximate surface area is 224 Å². The number of fused-ring (bicyclic) bond motifs is 1. The monoisotopic (exact) mass is 543 g/mol. The number of carbonyl (C=O) groups excluding carboxylic acids is 1. The van der Waals surface area contributed by atoms with Crippen LogP contribution in [0.2, 0.25) is 0 Å². The molecule has 200 valence electrons. The molecule has 0 spiro atoms. The van der Waals surface area contributed by atoms with E-state index >= 15 is 0 Å². The van der Waals surface area contributed by atoms with Gasteiger partial charge in [0.15, 0.2) is 5.13 Å². The fourth-order valence-corrected chi connectivity index (χ4v) is 7.34. The number of hydrogen-bond donors (Lipinski definition) is 0. The lowest BCUT2D eigenvalue weighted by atomic mass is 10.0. The molecule has 7 nitrogen and oxygen atoms in total. The summed E-state index contributed by atoms with van der Waals surface area (Å²) in [7, 11) is -3.61. The highest BCUT2D eigenvalue weighted by atomic mass is 32.2. The number of anilines is 1. The number of para-hydroxylation sites is 1. The Hall–Kier alpha value is -2.33. The lowest BCUT2D eigenvalue weighted by Crippen LogP contribution is -2.37.